The molecule has 0 spiro atoms. The molecule has 3 amide bonds. The molecule has 1 aliphatic heterocycles. The average molecular weight is 253 g/mol. The van der Waals surface area contributed by atoms with Crippen LogP contribution in [0.4, 0.5) is 4.79 Å². The van der Waals surface area contributed by atoms with Gasteiger partial charge in [-0.1, -0.05) is 0 Å². The van der Waals surface area contributed by atoms with E-state index in [1.807, 2.05) is 20.8 Å². The van der Waals surface area contributed by atoms with Gasteiger partial charge in [0.1, 0.15) is 6.54 Å². The number of nitrogens with zero attached hydrogens (tertiary/aromatic N) is 3. The van der Waals surface area contributed by atoms with Crippen LogP contribution < -0.4 is 0 Å². The van der Waals surface area contributed by atoms with E-state index >= 15 is 0 Å². The molecule has 1 aromatic heterocycles. The van der Waals surface area contributed by atoms with Gasteiger partial charge in [-0.2, -0.15) is 0 Å². The number of carbonyl (C=O) groups excluding carboxylic acids is 2. The number of hydrogen-bond acceptors (Lipinski definition) is 4. The summed E-state index contributed by atoms with van der Waals surface area (Å²) in [5.74, 6) is -0.129. The highest BCUT2D eigenvalue weighted by molar-refractivity contribution is 7.11. The standard InChI is InChI=1S/C11H15N3O2S/c1-4-13-6-10(15)14(11(13)16)7(2)9-5-12-8(3)17-9/h5,7H,4,6H2,1-3H3. The lowest BCUT2D eigenvalue weighted by Crippen LogP contribution is -2.34. The van der Waals surface area contributed by atoms with Gasteiger partial charge in [0.2, 0.25) is 0 Å². The van der Waals surface area contributed by atoms with Crippen molar-refractivity contribution in [3.05, 3.63) is 16.1 Å². The van der Waals surface area contributed by atoms with Gasteiger partial charge in [-0.05, 0) is 20.8 Å². The Hall–Kier alpha value is -1.43. The van der Waals surface area contributed by atoms with Crippen molar-refractivity contribution in [3.63, 3.8) is 0 Å². The van der Waals surface area contributed by atoms with Gasteiger partial charge in [0, 0.05) is 17.6 Å². The molecule has 5 nitrogen and oxygen atoms in total. The second kappa shape index (κ2) is 4.44. The van der Waals surface area contributed by atoms with Crippen LogP contribution in [-0.4, -0.2) is 39.8 Å². The van der Waals surface area contributed by atoms with E-state index in [0.717, 1.165) is 9.88 Å². The summed E-state index contributed by atoms with van der Waals surface area (Å²) in [5, 5.41) is 0.943. The molecule has 1 saturated heterocycles. The first-order valence-corrected chi connectivity index (χ1v) is 6.39. The Morgan fingerprint density at radius 3 is 2.71 bits per heavy atom. The van der Waals surface area contributed by atoms with Crippen molar-refractivity contribution in [2.24, 2.45) is 0 Å². The number of thiazole rings is 1. The number of urea groups is 1. The number of hydrogen-bond donors (Lipinski definition) is 0. The smallest absolute Gasteiger partial charge is 0.315 e. The van der Waals surface area contributed by atoms with E-state index in [1.54, 1.807) is 11.1 Å². The molecule has 0 aliphatic carbocycles. The molecule has 1 unspecified atom stereocenters. The molecule has 0 bridgehead atoms. The third-order valence-corrected chi connectivity index (χ3v) is 3.97. The molecule has 1 aliphatic rings. The fourth-order valence-electron chi connectivity index (χ4n) is 1.89. The van der Waals surface area contributed by atoms with Crippen molar-refractivity contribution in [1.29, 1.82) is 0 Å². The Kier molecular flexibility index (Phi) is 3.15. The molecule has 0 radical (unpaired) electrons. The summed E-state index contributed by atoms with van der Waals surface area (Å²) in [6.07, 6.45) is 1.74. The molecular formula is C11H15N3O2S. The van der Waals surface area contributed by atoms with Crippen molar-refractivity contribution in [3.8, 4) is 0 Å². The lowest BCUT2D eigenvalue weighted by atomic mass is 10.2. The van der Waals surface area contributed by atoms with Crippen molar-refractivity contribution in [1.82, 2.24) is 14.8 Å². The fraction of sp³-hybridized carbons (Fsp3) is 0.545. The van der Waals surface area contributed by atoms with Crippen LogP contribution in [0.3, 0.4) is 0 Å². The highest BCUT2D eigenvalue weighted by Crippen LogP contribution is 2.28. The van der Waals surface area contributed by atoms with E-state index in [0.29, 0.717) is 6.54 Å². The number of amides is 3. The van der Waals surface area contributed by atoms with Gasteiger partial charge in [0.05, 0.1) is 11.0 Å². The summed E-state index contributed by atoms with van der Waals surface area (Å²) in [6, 6.07) is -0.422. The summed E-state index contributed by atoms with van der Waals surface area (Å²) in [7, 11) is 0. The second-order valence-corrected chi connectivity index (χ2v) is 5.28. The average Bonchev–Trinajstić information content (AvgIpc) is 2.83. The molecule has 0 saturated carbocycles. The van der Waals surface area contributed by atoms with Crippen LogP contribution >= 0.6 is 11.3 Å². The van der Waals surface area contributed by atoms with Crippen LogP contribution in [0.1, 0.15) is 29.8 Å². The van der Waals surface area contributed by atoms with Gasteiger partial charge in [0.15, 0.2) is 0 Å². The van der Waals surface area contributed by atoms with E-state index in [9.17, 15) is 9.59 Å². The van der Waals surface area contributed by atoms with Crippen LogP contribution in [0.15, 0.2) is 6.20 Å². The number of rotatable bonds is 3. The third-order valence-electron chi connectivity index (χ3n) is 2.89. The van der Waals surface area contributed by atoms with Crippen molar-refractivity contribution in [2.75, 3.05) is 13.1 Å². The van der Waals surface area contributed by atoms with Crippen LogP contribution in [0.2, 0.25) is 0 Å². The molecule has 6 heteroatoms. The van der Waals surface area contributed by atoms with E-state index in [-0.39, 0.29) is 24.5 Å². The molecule has 1 fully saturated rings. The molecule has 1 atom stereocenters. The molecule has 0 N–H and O–H groups in total. The van der Waals surface area contributed by atoms with Crippen molar-refractivity contribution in [2.45, 2.75) is 26.8 Å². The topological polar surface area (TPSA) is 53.5 Å². The minimum absolute atomic E-state index is 0.129. The third kappa shape index (κ3) is 2.04. The normalized spacial score (nSPS) is 18.1. The largest absolute Gasteiger partial charge is 0.327 e. The lowest BCUT2D eigenvalue weighted by molar-refractivity contribution is -0.126. The Labute approximate surface area is 104 Å². The van der Waals surface area contributed by atoms with Gasteiger partial charge in [-0.25, -0.2) is 9.78 Å². The Balaban J connectivity index is 2.22. The highest BCUT2D eigenvalue weighted by Gasteiger charge is 2.39. The molecule has 92 valence electrons. The maximum Gasteiger partial charge on any atom is 0.327 e. The number of aryl methyl sites for hydroxylation is 1. The molecule has 2 heterocycles. The minimum atomic E-state index is -0.224. The molecule has 2 rings (SSSR count). The highest BCUT2D eigenvalue weighted by atomic mass is 32.1. The van der Waals surface area contributed by atoms with E-state index in [1.165, 1.54) is 16.2 Å². The summed E-state index contributed by atoms with van der Waals surface area (Å²) in [5.41, 5.74) is 0. The van der Waals surface area contributed by atoms with Gasteiger partial charge < -0.3 is 4.90 Å². The Morgan fingerprint density at radius 1 is 1.53 bits per heavy atom. The zero-order valence-electron chi connectivity index (χ0n) is 10.1. The predicted octanol–water partition coefficient (Wildman–Crippen LogP) is 1.80. The maximum absolute atomic E-state index is 12.0. The van der Waals surface area contributed by atoms with E-state index in [4.69, 9.17) is 0 Å². The molecule has 1 aromatic rings. The van der Waals surface area contributed by atoms with Gasteiger partial charge in [-0.15, -0.1) is 11.3 Å². The quantitative estimate of drug-likeness (QED) is 0.772. The van der Waals surface area contributed by atoms with Crippen LogP contribution in [-0.2, 0) is 4.79 Å². The molecule has 17 heavy (non-hydrogen) atoms. The zero-order valence-corrected chi connectivity index (χ0v) is 11.0. The van der Waals surface area contributed by atoms with Crippen molar-refractivity contribution >= 4 is 23.3 Å². The molecule has 0 aromatic carbocycles. The van der Waals surface area contributed by atoms with Crippen LogP contribution in [0, 0.1) is 6.92 Å². The Bertz CT molecular complexity index is 457. The first-order chi connectivity index (χ1) is 8.04. The maximum atomic E-state index is 12.0. The van der Waals surface area contributed by atoms with Gasteiger partial charge in [-0.3, -0.25) is 9.69 Å². The van der Waals surface area contributed by atoms with Crippen LogP contribution in [0.25, 0.3) is 0 Å². The summed E-state index contributed by atoms with van der Waals surface area (Å²) < 4.78 is 0. The monoisotopic (exact) mass is 253 g/mol. The van der Waals surface area contributed by atoms with Crippen LogP contribution in [0.5, 0.6) is 0 Å². The molecular weight excluding hydrogens is 238 g/mol. The minimum Gasteiger partial charge on any atom is -0.315 e. The number of likely N-dealkylation sites (N-methyl/N-ethyl adjacent to an activating group) is 1. The lowest BCUT2D eigenvalue weighted by Gasteiger charge is -2.21. The number of imide groups is 1. The van der Waals surface area contributed by atoms with Gasteiger partial charge >= 0.3 is 6.03 Å². The predicted molar refractivity (Wildman–Crippen MR) is 64.8 cm³/mol. The number of aromatic nitrogens is 1. The first-order valence-electron chi connectivity index (χ1n) is 5.58. The number of carbonyl (C=O) groups is 2. The fourth-order valence-corrected chi connectivity index (χ4v) is 2.72. The van der Waals surface area contributed by atoms with E-state index in [2.05, 4.69) is 4.98 Å². The SMILES string of the molecule is CCN1CC(=O)N(C(C)c2cnc(C)s2)C1=O. The second-order valence-electron chi connectivity index (χ2n) is 4.02. The summed E-state index contributed by atoms with van der Waals surface area (Å²) in [4.78, 5) is 31.8. The summed E-state index contributed by atoms with van der Waals surface area (Å²) in [6.45, 7) is 6.40. The first kappa shape index (κ1) is 12.0. The zero-order chi connectivity index (χ0) is 12.6. The van der Waals surface area contributed by atoms with Gasteiger partial charge in [0.25, 0.3) is 5.91 Å². The van der Waals surface area contributed by atoms with Crippen molar-refractivity contribution < 1.29 is 9.59 Å². The van der Waals surface area contributed by atoms with E-state index < -0.39 is 0 Å². The summed E-state index contributed by atoms with van der Waals surface area (Å²) >= 11 is 1.52. The Morgan fingerprint density at radius 2 is 2.24 bits per heavy atom.